The monoisotopic (exact) mass is 188 g/mol. The van der Waals surface area contributed by atoms with Gasteiger partial charge in [-0.15, -0.1) is 0 Å². The fourth-order valence-corrected chi connectivity index (χ4v) is 0.714. The Hall–Kier alpha value is -1.26. The molecular formula is C8H16N2O3. The van der Waals surface area contributed by atoms with Crippen molar-refractivity contribution >= 4 is 12.0 Å². The number of ether oxygens (including phenoxy) is 1. The highest BCUT2D eigenvalue weighted by Gasteiger charge is 2.14. The summed E-state index contributed by atoms with van der Waals surface area (Å²) in [4.78, 5) is 21.4. The molecule has 0 aliphatic heterocycles. The Kier molecular flexibility index (Phi) is 5.67. The maximum absolute atomic E-state index is 11.1. The van der Waals surface area contributed by atoms with E-state index in [1.54, 1.807) is 0 Å². The molecule has 3 N–H and O–H groups in total. The normalized spacial score (nSPS) is 11.8. The van der Waals surface area contributed by atoms with Crippen LogP contribution in [0, 0.1) is 0 Å². The van der Waals surface area contributed by atoms with Gasteiger partial charge in [-0.25, -0.2) is 9.59 Å². The molecule has 5 heteroatoms. The number of carbonyl (C=O) groups excluding carboxylic acids is 2. The van der Waals surface area contributed by atoms with Gasteiger partial charge in [0.25, 0.3) is 0 Å². The van der Waals surface area contributed by atoms with Gasteiger partial charge in [0.2, 0.25) is 0 Å². The Morgan fingerprint density at radius 2 is 2.15 bits per heavy atom. The van der Waals surface area contributed by atoms with Gasteiger partial charge in [0.05, 0.1) is 6.61 Å². The van der Waals surface area contributed by atoms with Gasteiger partial charge < -0.3 is 15.8 Å². The van der Waals surface area contributed by atoms with Crippen LogP contribution < -0.4 is 11.1 Å². The van der Waals surface area contributed by atoms with Crippen LogP contribution in [0.1, 0.15) is 26.7 Å². The second kappa shape index (κ2) is 6.28. The maximum atomic E-state index is 11.1. The van der Waals surface area contributed by atoms with E-state index in [1.807, 2.05) is 6.92 Å². The molecule has 76 valence electrons. The lowest BCUT2D eigenvalue weighted by Gasteiger charge is -2.10. The first-order valence-corrected chi connectivity index (χ1v) is 4.30. The average molecular weight is 188 g/mol. The summed E-state index contributed by atoms with van der Waals surface area (Å²) >= 11 is 0. The standard InChI is InChI=1S/C8H16N2O3/c1-3-4-5-13-7(11)6(2)10-8(9)12/h6H,3-5H2,1-2H3,(H3,9,10,12). The average Bonchev–Trinajstić information content (AvgIpc) is 2.03. The van der Waals surface area contributed by atoms with E-state index in [0.29, 0.717) is 6.61 Å². The van der Waals surface area contributed by atoms with Crippen LogP contribution in [0.3, 0.4) is 0 Å². The summed E-state index contributed by atoms with van der Waals surface area (Å²) in [6, 6.07) is -1.39. The quantitative estimate of drug-likeness (QED) is 0.483. The number of primary amides is 1. The highest BCUT2D eigenvalue weighted by atomic mass is 16.5. The lowest BCUT2D eigenvalue weighted by molar-refractivity contribution is -0.145. The van der Waals surface area contributed by atoms with Crippen molar-refractivity contribution in [1.82, 2.24) is 5.32 Å². The minimum Gasteiger partial charge on any atom is -0.464 e. The summed E-state index contributed by atoms with van der Waals surface area (Å²) in [5, 5.41) is 2.23. The van der Waals surface area contributed by atoms with Gasteiger partial charge in [-0.05, 0) is 13.3 Å². The van der Waals surface area contributed by atoms with Crippen LogP contribution in [0.25, 0.3) is 0 Å². The molecule has 1 atom stereocenters. The molecule has 0 saturated carbocycles. The Bertz CT molecular complexity index is 182. The van der Waals surface area contributed by atoms with Gasteiger partial charge in [-0.1, -0.05) is 13.3 Å². The van der Waals surface area contributed by atoms with Crippen molar-refractivity contribution in [2.75, 3.05) is 6.61 Å². The van der Waals surface area contributed by atoms with E-state index in [-0.39, 0.29) is 0 Å². The molecule has 0 spiro atoms. The molecule has 0 aromatic rings. The molecule has 0 fully saturated rings. The SMILES string of the molecule is CCCCOC(=O)C(C)NC(N)=O. The van der Waals surface area contributed by atoms with Crippen molar-refractivity contribution in [1.29, 1.82) is 0 Å². The lowest BCUT2D eigenvalue weighted by atomic mass is 10.3. The third-order valence-corrected chi connectivity index (χ3v) is 1.45. The third kappa shape index (κ3) is 5.95. The van der Waals surface area contributed by atoms with Crippen molar-refractivity contribution in [2.24, 2.45) is 5.73 Å². The number of nitrogens with one attached hydrogen (secondary N) is 1. The third-order valence-electron chi connectivity index (χ3n) is 1.45. The van der Waals surface area contributed by atoms with Crippen molar-refractivity contribution in [3.63, 3.8) is 0 Å². The van der Waals surface area contributed by atoms with E-state index in [1.165, 1.54) is 6.92 Å². The van der Waals surface area contributed by atoms with E-state index in [0.717, 1.165) is 12.8 Å². The highest BCUT2D eigenvalue weighted by Crippen LogP contribution is 1.92. The minimum absolute atomic E-state index is 0.389. The molecule has 0 heterocycles. The molecule has 0 aromatic carbocycles. The number of unbranched alkanes of at least 4 members (excludes halogenated alkanes) is 1. The van der Waals surface area contributed by atoms with Crippen molar-refractivity contribution in [3.05, 3.63) is 0 Å². The topological polar surface area (TPSA) is 81.4 Å². The number of urea groups is 1. The molecule has 0 rings (SSSR count). The molecule has 0 aliphatic carbocycles. The van der Waals surface area contributed by atoms with Crippen molar-refractivity contribution in [3.8, 4) is 0 Å². The van der Waals surface area contributed by atoms with Gasteiger partial charge in [-0.3, -0.25) is 0 Å². The van der Waals surface area contributed by atoms with E-state index in [2.05, 4.69) is 5.32 Å². The van der Waals surface area contributed by atoms with Crippen LogP contribution in [-0.2, 0) is 9.53 Å². The van der Waals surface area contributed by atoms with Gasteiger partial charge >= 0.3 is 12.0 Å². The Balaban J connectivity index is 3.63. The largest absolute Gasteiger partial charge is 0.464 e. The summed E-state index contributed by atoms with van der Waals surface area (Å²) in [5.74, 6) is -0.452. The fraction of sp³-hybridized carbons (Fsp3) is 0.750. The van der Waals surface area contributed by atoms with E-state index < -0.39 is 18.0 Å². The molecule has 0 aliphatic rings. The summed E-state index contributed by atoms with van der Waals surface area (Å²) in [5.41, 5.74) is 4.83. The fourth-order valence-electron chi connectivity index (χ4n) is 0.714. The summed E-state index contributed by atoms with van der Waals surface area (Å²) in [6.45, 7) is 3.91. The Labute approximate surface area is 77.6 Å². The van der Waals surface area contributed by atoms with E-state index in [9.17, 15) is 9.59 Å². The predicted octanol–water partition coefficient (Wildman–Crippen LogP) is 0.387. The van der Waals surface area contributed by atoms with Crippen LogP contribution in [-0.4, -0.2) is 24.6 Å². The van der Waals surface area contributed by atoms with Gasteiger partial charge in [0.1, 0.15) is 6.04 Å². The lowest BCUT2D eigenvalue weighted by Crippen LogP contribution is -2.42. The zero-order valence-electron chi connectivity index (χ0n) is 8.00. The van der Waals surface area contributed by atoms with Crippen LogP contribution in [0.15, 0.2) is 0 Å². The number of hydrogen-bond acceptors (Lipinski definition) is 3. The number of esters is 1. The van der Waals surface area contributed by atoms with Gasteiger partial charge in [-0.2, -0.15) is 0 Å². The summed E-state index contributed by atoms with van der Waals surface area (Å²) in [7, 11) is 0. The molecule has 1 unspecified atom stereocenters. The highest BCUT2D eigenvalue weighted by molar-refractivity contribution is 5.82. The number of amides is 2. The molecular weight excluding hydrogens is 172 g/mol. The van der Waals surface area contributed by atoms with Gasteiger partial charge in [0, 0.05) is 0 Å². The first-order chi connectivity index (χ1) is 6.07. The first kappa shape index (κ1) is 11.7. The van der Waals surface area contributed by atoms with Crippen LogP contribution in [0.5, 0.6) is 0 Å². The predicted molar refractivity (Wildman–Crippen MR) is 48.0 cm³/mol. The molecule has 5 nitrogen and oxygen atoms in total. The Morgan fingerprint density at radius 1 is 1.54 bits per heavy atom. The zero-order chi connectivity index (χ0) is 10.3. The van der Waals surface area contributed by atoms with Crippen LogP contribution in [0.2, 0.25) is 0 Å². The minimum atomic E-state index is -0.722. The second-order valence-electron chi connectivity index (χ2n) is 2.75. The smallest absolute Gasteiger partial charge is 0.328 e. The molecule has 0 radical (unpaired) electrons. The zero-order valence-corrected chi connectivity index (χ0v) is 8.00. The van der Waals surface area contributed by atoms with Gasteiger partial charge in [0.15, 0.2) is 0 Å². The molecule has 0 saturated heterocycles. The van der Waals surface area contributed by atoms with Crippen molar-refractivity contribution < 1.29 is 14.3 Å². The number of rotatable bonds is 5. The Morgan fingerprint density at radius 3 is 2.62 bits per heavy atom. The molecule has 13 heavy (non-hydrogen) atoms. The number of hydrogen-bond donors (Lipinski definition) is 2. The summed E-state index contributed by atoms with van der Waals surface area (Å²) in [6.07, 6.45) is 1.79. The molecule has 0 aromatic heterocycles. The van der Waals surface area contributed by atoms with E-state index >= 15 is 0 Å². The molecule has 2 amide bonds. The van der Waals surface area contributed by atoms with E-state index in [4.69, 9.17) is 10.5 Å². The molecule has 0 bridgehead atoms. The maximum Gasteiger partial charge on any atom is 0.328 e. The summed E-state index contributed by atoms with van der Waals surface area (Å²) < 4.78 is 4.84. The first-order valence-electron chi connectivity index (χ1n) is 4.30. The van der Waals surface area contributed by atoms with Crippen molar-refractivity contribution in [2.45, 2.75) is 32.7 Å². The number of nitrogens with two attached hydrogens (primary N) is 1. The van der Waals surface area contributed by atoms with Crippen LogP contribution >= 0.6 is 0 Å². The number of carbonyl (C=O) groups is 2. The van der Waals surface area contributed by atoms with Crippen LogP contribution in [0.4, 0.5) is 4.79 Å². The second-order valence-corrected chi connectivity index (χ2v) is 2.75.